The van der Waals surface area contributed by atoms with Crippen LogP contribution in [0.3, 0.4) is 0 Å². The smallest absolute Gasteiger partial charge is 0.137 e. The van der Waals surface area contributed by atoms with E-state index in [1.54, 1.807) is 0 Å². The van der Waals surface area contributed by atoms with Crippen molar-refractivity contribution in [1.29, 1.82) is 0 Å². The second-order valence-electron chi connectivity index (χ2n) is 12.4. The van der Waals surface area contributed by atoms with Crippen LogP contribution < -0.4 is 0 Å². The Bertz CT molecular complexity index is 2610. The summed E-state index contributed by atoms with van der Waals surface area (Å²) in [5.74, 6) is 0. The zero-order valence-electron chi connectivity index (χ0n) is 25.7. The minimum atomic E-state index is 0.940. The largest absolute Gasteiger partial charge is 0.313 e. The Balaban J connectivity index is 1.30. The summed E-state index contributed by atoms with van der Waals surface area (Å²) in [7, 11) is 0. The fraction of sp³-hybridized carbons (Fsp3) is 0.0465. The third-order valence-corrected chi connectivity index (χ3v) is 9.73. The monoisotopic (exact) mass is 602 g/mol. The van der Waals surface area contributed by atoms with Gasteiger partial charge >= 0.3 is 0 Å². The normalized spacial score (nSPS) is 12.9. The van der Waals surface area contributed by atoms with Crippen molar-refractivity contribution in [1.82, 2.24) is 18.5 Å². The molecular formula is C43H30N4. The van der Waals surface area contributed by atoms with Crippen molar-refractivity contribution in [3.05, 3.63) is 163 Å². The zero-order valence-corrected chi connectivity index (χ0v) is 25.7. The summed E-state index contributed by atoms with van der Waals surface area (Å²) in [5, 5.41) is 3.82. The van der Waals surface area contributed by atoms with Gasteiger partial charge in [0.05, 0.1) is 22.2 Å². The van der Waals surface area contributed by atoms with E-state index in [9.17, 15) is 0 Å². The maximum atomic E-state index is 5.04. The third kappa shape index (κ3) is 3.98. The Kier molecular flexibility index (Phi) is 5.67. The molecule has 4 nitrogen and oxygen atoms in total. The fourth-order valence-corrected chi connectivity index (χ4v) is 7.70. The van der Waals surface area contributed by atoms with Gasteiger partial charge in [-0.25, -0.2) is 4.98 Å². The number of fused-ring (bicyclic) bond motifs is 7. The second kappa shape index (κ2) is 10.2. The van der Waals surface area contributed by atoms with Crippen LogP contribution in [0.5, 0.6) is 0 Å². The molecule has 0 unspecified atom stereocenters. The average Bonchev–Trinajstić information content (AvgIpc) is 3.82. The molecule has 1 aliphatic rings. The topological polar surface area (TPSA) is 27.2 Å². The highest BCUT2D eigenvalue weighted by Gasteiger charge is 2.21. The number of rotatable bonds is 4. The van der Waals surface area contributed by atoms with Gasteiger partial charge in [0, 0.05) is 56.7 Å². The molecule has 0 saturated carbocycles. The summed E-state index contributed by atoms with van der Waals surface area (Å²) in [5.41, 5.74) is 14.0. The first kappa shape index (κ1) is 26.1. The number of hydrogen-bond donors (Lipinski definition) is 0. The van der Waals surface area contributed by atoms with Crippen LogP contribution in [0.2, 0.25) is 0 Å². The van der Waals surface area contributed by atoms with E-state index in [-0.39, 0.29) is 0 Å². The molecule has 0 bridgehead atoms. The third-order valence-electron chi connectivity index (χ3n) is 9.73. The maximum Gasteiger partial charge on any atom is 0.137 e. The van der Waals surface area contributed by atoms with Crippen LogP contribution >= 0.6 is 0 Å². The minimum absolute atomic E-state index is 0.940. The van der Waals surface area contributed by atoms with Gasteiger partial charge in [0.15, 0.2) is 0 Å². The number of benzene rings is 5. The first-order valence-corrected chi connectivity index (χ1v) is 16.3. The van der Waals surface area contributed by atoms with E-state index in [2.05, 4.69) is 159 Å². The maximum absolute atomic E-state index is 5.04. The van der Waals surface area contributed by atoms with E-state index in [1.165, 1.54) is 44.0 Å². The van der Waals surface area contributed by atoms with E-state index >= 15 is 0 Å². The van der Waals surface area contributed by atoms with E-state index in [0.717, 1.165) is 52.2 Å². The SMILES string of the molecule is C1=Cc2c(n(-c3cc(-c4ccccc4-c4cn5ccccc5n4)cc(-n4c5ccccc5c5ccccc54)c3)c3ccccc23)CC1. The summed E-state index contributed by atoms with van der Waals surface area (Å²) in [6.45, 7) is 0. The minimum Gasteiger partial charge on any atom is -0.313 e. The Morgan fingerprint density at radius 2 is 1.17 bits per heavy atom. The van der Waals surface area contributed by atoms with Gasteiger partial charge < -0.3 is 13.5 Å². The van der Waals surface area contributed by atoms with Crippen LogP contribution in [-0.2, 0) is 6.42 Å². The average molecular weight is 603 g/mol. The molecule has 1 aliphatic carbocycles. The molecule has 0 amide bonds. The molecule has 4 heteroatoms. The van der Waals surface area contributed by atoms with Crippen LogP contribution in [0.1, 0.15) is 17.7 Å². The van der Waals surface area contributed by atoms with Gasteiger partial charge in [-0.3, -0.25) is 0 Å². The van der Waals surface area contributed by atoms with E-state index in [0.29, 0.717) is 0 Å². The summed E-state index contributed by atoms with van der Waals surface area (Å²) in [4.78, 5) is 5.04. The number of allylic oxidation sites excluding steroid dienone is 1. The number of aromatic nitrogens is 4. The number of hydrogen-bond acceptors (Lipinski definition) is 1. The van der Waals surface area contributed by atoms with Gasteiger partial charge in [-0.2, -0.15) is 0 Å². The number of imidazole rings is 1. The number of para-hydroxylation sites is 3. The van der Waals surface area contributed by atoms with Gasteiger partial charge in [0.25, 0.3) is 0 Å². The summed E-state index contributed by atoms with van der Waals surface area (Å²) in [6.07, 6.45) is 10.9. The van der Waals surface area contributed by atoms with Crippen LogP contribution in [-0.4, -0.2) is 18.5 Å². The standard InChI is InChI=1S/C43H30N4/c1-2-14-33(38-28-45-24-12-11-23-43(45)44-38)32(13-1)29-25-30(46-39-19-7-3-15-34(39)35-16-4-8-20-40(35)46)27-31(26-29)47-41-21-9-5-17-36(41)37-18-6-10-22-42(37)47/h1-9,11-21,23-28H,10,22H2. The van der Waals surface area contributed by atoms with Crippen molar-refractivity contribution in [2.45, 2.75) is 12.8 Å². The van der Waals surface area contributed by atoms with Crippen molar-refractivity contribution in [2.75, 3.05) is 0 Å². The summed E-state index contributed by atoms with van der Waals surface area (Å²) >= 11 is 0. The Morgan fingerprint density at radius 3 is 1.91 bits per heavy atom. The summed E-state index contributed by atoms with van der Waals surface area (Å²) < 4.78 is 7.03. The molecule has 9 aromatic rings. The molecule has 0 aliphatic heterocycles. The van der Waals surface area contributed by atoms with Crippen molar-refractivity contribution >= 4 is 44.4 Å². The van der Waals surface area contributed by atoms with Gasteiger partial charge in [0.2, 0.25) is 0 Å². The predicted molar refractivity (Wildman–Crippen MR) is 195 cm³/mol. The molecule has 0 saturated heterocycles. The lowest BCUT2D eigenvalue weighted by molar-refractivity contribution is 0.888. The quantitative estimate of drug-likeness (QED) is 0.197. The lowest BCUT2D eigenvalue weighted by atomic mass is 9.96. The van der Waals surface area contributed by atoms with Gasteiger partial charge in [0.1, 0.15) is 5.65 Å². The molecule has 0 spiro atoms. The summed E-state index contributed by atoms with van der Waals surface area (Å²) in [6, 6.07) is 48.3. The molecule has 5 aromatic carbocycles. The molecule has 0 N–H and O–H groups in total. The van der Waals surface area contributed by atoms with E-state index in [1.807, 2.05) is 12.1 Å². The van der Waals surface area contributed by atoms with Crippen LogP contribution in [0, 0.1) is 0 Å². The highest BCUT2D eigenvalue weighted by atomic mass is 15.0. The molecule has 0 atom stereocenters. The van der Waals surface area contributed by atoms with Crippen LogP contribution in [0.25, 0.3) is 78.2 Å². The van der Waals surface area contributed by atoms with E-state index < -0.39 is 0 Å². The molecule has 4 aromatic heterocycles. The molecular weight excluding hydrogens is 573 g/mol. The Labute approximate surface area is 272 Å². The molecule has 47 heavy (non-hydrogen) atoms. The lowest BCUT2D eigenvalue weighted by Gasteiger charge is -2.18. The molecule has 4 heterocycles. The van der Waals surface area contributed by atoms with Crippen molar-refractivity contribution in [3.8, 4) is 33.8 Å². The van der Waals surface area contributed by atoms with Crippen LogP contribution in [0.15, 0.2) is 152 Å². The second-order valence-corrected chi connectivity index (χ2v) is 12.4. The molecule has 0 fully saturated rings. The molecule has 0 radical (unpaired) electrons. The lowest BCUT2D eigenvalue weighted by Crippen LogP contribution is -2.05. The Morgan fingerprint density at radius 1 is 0.553 bits per heavy atom. The highest BCUT2D eigenvalue weighted by Crippen LogP contribution is 2.40. The first-order chi connectivity index (χ1) is 23.3. The number of pyridine rings is 1. The Hall–Kier alpha value is -6.13. The molecule has 10 rings (SSSR count). The first-order valence-electron chi connectivity index (χ1n) is 16.3. The van der Waals surface area contributed by atoms with E-state index in [4.69, 9.17) is 4.98 Å². The van der Waals surface area contributed by atoms with Crippen molar-refractivity contribution in [2.24, 2.45) is 0 Å². The van der Waals surface area contributed by atoms with Crippen molar-refractivity contribution < 1.29 is 0 Å². The zero-order chi connectivity index (χ0) is 30.9. The number of nitrogens with zero attached hydrogens (tertiary/aromatic N) is 4. The van der Waals surface area contributed by atoms with Crippen LogP contribution in [0.4, 0.5) is 0 Å². The fourth-order valence-electron chi connectivity index (χ4n) is 7.70. The van der Waals surface area contributed by atoms with Gasteiger partial charge in [-0.15, -0.1) is 0 Å². The highest BCUT2D eigenvalue weighted by molar-refractivity contribution is 6.09. The van der Waals surface area contributed by atoms with Crippen molar-refractivity contribution in [3.63, 3.8) is 0 Å². The van der Waals surface area contributed by atoms with Gasteiger partial charge in [-0.05, 0) is 72.5 Å². The van der Waals surface area contributed by atoms with Gasteiger partial charge in [-0.1, -0.05) is 97.1 Å². The molecule has 222 valence electrons. The predicted octanol–water partition coefficient (Wildman–Crippen LogP) is 10.7.